The van der Waals surface area contributed by atoms with Gasteiger partial charge in [-0.2, -0.15) is 13.2 Å². The molecular formula is C22H21F3N4O5. The van der Waals surface area contributed by atoms with Crippen molar-refractivity contribution in [3.05, 3.63) is 58.1 Å². The third-order valence-corrected chi connectivity index (χ3v) is 6.05. The molecule has 9 nitrogen and oxygen atoms in total. The fourth-order valence-corrected chi connectivity index (χ4v) is 4.29. The number of hydrogen-bond acceptors (Lipinski definition) is 7. The van der Waals surface area contributed by atoms with Gasteiger partial charge in [-0.25, -0.2) is 4.90 Å². The molecule has 0 aliphatic carbocycles. The number of nitro groups is 1. The van der Waals surface area contributed by atoms with Crippen molar-refractivity contribution in [1.29, 1.82) is 0 Å². The molecule has 12 heteroatoms. The van der Waals surface area contributed by atoms with Gasteiger partial charge in [0.2, 0.25) is 5.91 Å². The Balaban J connectivity index is 1.46. The van der Waals surface area contributed by atoms with Gasteiger partial charge in [0.25, 0.3) is 11.6 Å². The number of benzene rings is 2. The van der Waals surface area contributed by atoms with E-state index in [-0.39, 0.29) is 37.0 Å². The van der Waals surface area contributed by atoms with E-state index in [1.807, 2.05) is 4.90 Å². The molecule has 0 saturated carbocycles. The number of piperazine rings is 1. The zero-order valence-electron chi connectivity index (χ0n) is 18.1. The van der Waals surface area contributed by atoms with Crippen LogP contribution >= 0.6 is 0 Å². The lowest BCUT2D eigenvalue weighted by molar-refractivity contribution is -0.384. The molecule has 0 N–H and O–H groups in total. The molecule has 2 aromatic rings. The van der Waals surface area contributed by atoms with E-state index in [1.165, 1.54) is 7.11 Å². The largest absolute Gasteiger partial charge is 0.497 e. The van der Waals surface area contributed by atoms with Crippen molar-refractivity contribution >= 4 is 28.9 Å². The zero-order valence-corrected chi connectivity index (χ0v) is 18.1. The van der Waals surface area contributed by atoms with Crippen molar-refractivity contribution in [3.63, 3.8) is 0 Å². The fourth-order valence-electron chi connectivity index (χ4n) is 4.29. The molecule has 2 amide bonds. The summed E-state index contributed by atoms with van der Waals surface area (Å²) >= 11 is 0. The number of alkyl halides is 3. The summed E-state index contributed by atoms with van der Waals surface area (Å²) in [4.78, 5) is 40.8. The lowest BCUT2D eigenvalue weighted by Crippen LogP contribution is -2.52. The van der Waals surface area contributed by atoms with E-state index >= 15 is 0 Å². The van der Waals surface area contributed by atoms with Crippen LogP contribution in [0.4, 0.5) is 30.2 Å². The van der Waals surface area contributed by atoms with Gasteiger partial charge in [0.05, 0.1) is 35.7 Å². The van der Waals surface area contributed by atoms with Gasteiger partial charge in [-0.3, -0.25) is 24.6 Å². The summed E-state index contributed by atoms with van der Waals surface area (Å²) in [6.07, 6.45) is -4.68. The number of anilines is 2. The maximum Gasteiger partial charge on any atom is 0.416 e. The third kappa shape index (κ3) is 4.40. The van der Waals surface area contributed by atoms with Gasteiger partial charge in [-0.05, 0) is 36.4 Å². The second-order valence-corrected chi connectivity index (χ2v) is 7.97. The summed E-state index contributed by atoms with van der Waals surface area (Å²) in [6, 6.07) is 8.34. The zero-order chi connectivity index (χ0) is 24.6. The van der Waals surface area contributed by atoms with Crippen LogP contribution in [0.15, 0.2) is 42.5 Å². The van der Waals surface area contributed by atoms with Crippen LogP contribution in [0.25, 0.3) is 0 Å². The highest BCUT2D eigenvalue weighted by molar-refractivity contribution is 6.22. The molecule has 180 valence electrons. The molecule has 4 rings (SSSR count). The first-order valence-electron chi connectivity index (χ1n) is 10.5. The van der Waals surface area contributed by atoms with E-state index in [0.717, 1.165) is 17.0 Å². The average Bonchev–Trinajstić information content (AvgIpc) is 3.12. The van der Waals surface area contributed by atoms with Crippen molar-refractivity contribution < 1.29 is 32.4 Å². The van der Waals surface area contributed by atoms with Gasteiger partial charge in [0, 0.05) is 32.2 Å². The number of amides is 2. The minimum absolute atomic E-state index is 0.00525. The maximum absolute atomic E-state index is 13.0. The smallest absolute Gasteiger partial charge is 0.416 e. The molecule has 2 fully saturated rings. The standard InChI is InChI=1S/C22H21F3N4O5/c1-34-16-5-3-15(4-6-16)28-20(30)13-19(21(28)31)27-10-8-26(9-11-27)17-7-2-14(22(23,24)25)12-18(17)29(32)33/h2-7,12,19H,8-11,13H2,1H3/t19-/m0/s1. The number of halogens is 3. The Bertz CT molecular complexity index is 1110. The number of methoxy groups -OCH3 is 1. The van der Waals surface area contributed by atoms with Crippen LogP contribution in [0, 0.1) is 10.1 Å². The first-order valence-corrected chi connectivity index (χ1v) is 10.5. The Kier molecular flexibility index (Phi) is 6.17. The van der Waals surface area contributed by atoms with Gasteiger partial charge < -0.3 is 9.64 Å². The molecule has 2 saturated heterocycles. The minimum Gasteiger partial charge on any atom is -0.497 e. The Morgan fingerprint density at radius 3 is 2.24 bits per heavy atom. The van der Waals surface area contributed by atoms with Crippen molar-refractivity contribution in [1.82, 2.24) is 4.90 Å². The van der Waals surface area contributed by atoms with Crippen molar-refractivity contribution in [2.45, 2.75) is 18.6 Å². The Hall–Kier alpha value is -3.67. The van der Waals surface area contributed by atoms with Gasteiger partial charge in [0.1, 0.15) is 11.4 Å². The Morgan fingerprint density at radius 1 is 1.03 bits per heavy atom. The fraction of sp³-hybridized carbons (Fsp3) is 0.364. The quantitative estimate of drug-likeness (QED) is 0.370. The molecule has 0 aromatic heterocycles. The van der Waals surface area contributed by atoms with E-state index in [4.69, 9.17) is 4.74 Å². The van der Waals surface area contributed by atoms with Gasteiger partial charge in [-0.1, -0.05) is 0 Å². The molecule has 2 aliphatic heterocycles. The molecule has 2 heterocycles. The Morgan fingerprint density at radius 2 is 1.68 bits per heavy atom. The van der Waals surface area contributed by atoms with Crippen LogP contribution < -0.4 is 14.5 Å². The Labute approximate surface area is 192 Å². The van der Waals surface area contributed by atoms with Crippen molar-refractivity contribution in [2.75, 3.05) is 43.1 Å². The molecule has 0 spiro atoms. The van der Waals surface area contributed by atoms with Gasteiger partial charge in [-0.15, -0.1) is 0 Å². The summed E-state index contributed by atoms with van der Waals surface area (Å²) in [5, 5.41) is 11.4. The summed E-state index contributed by atoms with van der Waals surface area (Å²) in [6.45, 7) is 1.15. The molecule has 1 atom stereocenters. The first-order chi connectivity index (χ1) is 16.1. The minimum atomic E-state index is -4.69. The SMILES string of the molecule is COc1ccc(N2C(=O)C[C@H](N3CCN(c4ccc(C(F)(F)F)cc4[N+](=O)[O-])CC3)C2=O)cc1. The maximum atomic E-state index is 13.0. The van der Waals surface area contributed by atoms with Crippen LogP contribution in [0.2, 0.25) is 0 Å². The number of rotatable bonds is 5. The van der Waals surface area contributed by atoms with E-state index in [0.29, 0.717) is 30.6 Å². The summed E-state index contributed by atoms with van der Waals surface area (Å²) in [5.74, 6) is -0.0991. The third-order valence-electron chi connectivity index (χ3n) is 6.05. The number of carbonyl (C=O) groups is 2. The molecule has 0 bridgehead atoms. The highest BCUT2D eigenvalue weighted by Gasteiger charge is 2.43. The van der Waals surface area contributed by atoms with E-state index < -0.39 is 28.4 Å². The van der Waals surface area contributed by atoms with Crippen LogP contribution in [-0.4, -0.2) is 61.0 Å². The summed E-state index contributed by atoms with van der Waals surface area (Å²) in [7, 11) is 1.51. The average molecular weight is 478 g/mol. The topological polar surface area (TPSA) is 96.2 Å². The predicted octanol–water partition coefficient (Wildman–Crippen LogP) is 3.08. The highest BCUT2D eigenvalue weighted by Crippen LogP contribution is 2.37. The lowest BCUT2D eigenvalue weighted by atomic mass is 10.1. The van der Waals surface area contributed by atoms with Gasteiger partial charge >= 0.3 is 6.18 Å². The van der Waals surface area contributed by atoms with E-state index in [9.17, 15) is 32.9 Å². The predicted molar refractivity (Wildman–Crippen MR) is 116 cm³/mol. The molecule has 0 unspecified atom stereocenters. The lowest BCUT2D eigenvalue weighted by Gasteiger charge is -2.37. The monoisotopic (exact) mass is 478 g/mol. The van der Waals surface area contributed by atoms with Crippen molar-refractivity contribution in [3.8, 4) is 5.75 Å². The molecule has 2 aromatic carbocycles. The summed E-state index contributed by atoms with van der Waals surface area (Å²) < 4.78 is 44.0. The molecular weight excluding hydrogens is 457 g/mol. The van der Waals surface area contributed by atoms with E-state index in [2.05, 4.69) is 0 Å². The number of carbonyl (C=O) groups excluding carboxylic acids is 2. The van der Waals surface area contributed by atoms with Crippen LogP contribution in [0.1, 0.15) is 12.0 Å². The van der Waals surface area contributed by atoms with Gasteiger partial charge in [0.15, 0.2) is 0 Å². The molecule has 2 aliphatic rings. The van der Waals surface area contributed by atoms with Crippen LogP contribution in [0.3, 0.4) is 0 Å². The molecule has 0 radical (unpaired) electrons. The molecule has 34 heavy (non-hydrogen) atoms. The second kappa shape index (κ2) is 8.93. The van der Waals surface area contributed by atoms with E-state index in [1.54, 1.807) is 29.2 Å². The normalized spacial score (nSPS) is 19.6. The number of ether oxygens (including phenoxy) is 1. The highest BCUT2D eigenvalue weighted by atomic mass is 19.4. The van der Waals surface area contributed by atoms with Crippen molar-refractivity contribution in [2.24, 2.45) is 0 Å². The summed E-state index contributed by atoms with van der Waals surface area (Å²) in [5.41, 5.74) is -1.18. The van der Waals surface area contributed by atoms with Crippen LogP contribution in [0.5, 0.6) is 5.75 Å². The number of imide groups is 1. The number of nitro benzene ring substituents is 1. The number of nitrogens with zero attached hydrogens (tertiary/aromatic N) is 4. The number of hydrogen-bond donors (Lipinski definition) is 0. The first kappa shape index (κ1) is 23.5. The van der Waals surface area contributed by atoms with Crippen LogP contribution in [-0.2, 0) is 15.8 Å². The second-order valence-electron chi connectivity index (χ2n) is 7.97.